The Morgan fingerprint density at radius 2 is 2.05 bits per heavy atom. The van der Waals surface area contributed by atoms with Crippen LogP contribution in [0.15, 0.2) is 41.2 Å². The summed E-state index contributed by atoms with van der Waals surface area (Å²) in [4.78, 5) is 11.7. The third-order valence-electron chi connectivity index (χ3n) is 2.86. The topological polar surface area (TPSA) is 60.9 Å². The zero-order valence-electron chi connectivity index (χ0n) is 11.3. The minimum atomic E-state index is -0.0626. The fourth-order valence-electron chi connectivity index (χ4n) is 1.94. The van der Waals surface area contributed by atoms with Crippen molar-refractivity contribution in [2.45, 2.75) is 26.9 Å². The third-order valence-corrected chi connectivity index (χ3v) is 2.86. The SMILES string of the molecule is CC(C)Cn1nc(-c2cccc(CN)c2)ccc1=O. The summed E-state index contributed by atoms with van der Waals surface area (Å²) < 4.78 is 1.52. The van der Waals surface area contributed by atoms with Gasteiger partial charge in [-0.05, 0) is 23.6 Å². The van der Waals surface area contributed by atoms with Crippen molar-refractivity contribution in [3.8, 4) is 11.3 Å². The van der Waals surface area contributed by atoms with Crippen LogP contribution in [0, 0.1) is 5.92 Å². The van der Waals surface area contributed by atoms with Gasteiger partial charge in [0, 0.05) is 24.7 Å². The molecule has 4 heteroatoms. The lowest BCUT2D eigenvalue weighted by Gasteiger charge is -2.09. The van der Waals surface area contributed by atoms with E-state index >= 15 is 0 Å². The number of benzene rings is 1. The molecule has 0 aliphatic rings. The molecule has 0 radical (unpaired) electrons. The van der Waals surface area contributed by atoms with E-state index in [9.17, 15) is 4.79 Å². The van der Waals surface area contributed by atoms with Crippen molar-refractivity contribution in [3.05, 3.63) is 52.3 Å². The summed E-state index contributed by atoms with van der Waals surface area (Å²) in [6, 6.07) is 11.2. The summed E-state index contributed by atoms with van der Waals surface area (Å²) in [7, 11) is 0. The zero-order valence-corrected chi connectivity index (χ0v) is 11.3. The van der Waals surface area contributed by atoms with Gasteiger partial charge in [0.25, 0.3) is 5.56 Å². The molecule has 100 valence electrons. The number of nitrogens with two attached hydrogens (primary N) is 1. The molecule has 0 aliphatic heterocycles. The Morgan fingerprint density at radius 3 is 2.74 bits per heavy atom. The fraction of sp³-hybridized carbons (Fsp3) is 0.333. The van der Waals surface area contributed by atoms with Crippen molar-refractivity contribution in [2.75, 3.05) is 0 Å². The number of hydrogen-bond donors (Lipinski definition) is 1. The monoisotopic (exact) mass is 257 g/mol. The van der Waals surface area contributed by atoms with E-state index in [0.717, 1.165) is 16.8 Å². The first-order valence-corrected chi connectivity index (χ1v) is 6.47. The molecule has 0 saturated carbocycles. The van der Waals surface area contributed by atoms with Crippen LogP contribution < -0.4 is 11.3 Å². The van der Waals surface area contributed by atoms with Gasteiger partial charge in [-0.3, -0.25) is 4.79 Å². The van der Waals surface area contributed by atoms with Gasteiger partial charge in [0.05, 0.1) is 5.69 Å². The summed E-state index contributed by atoms with van der Waals surface area (Å²) in [5.41, 5.74) is 8.42. The van der Waals surface area contributed by atoms with E-state index in [1.807, 2.05) is 24.3 Å². The van der Waals surface area contributed by atoms with E-state index in [0.29, 0.717) is 19.0 Å². The summed E-state index contributed by atoms with van der Waals surface area (Å²) in [6.45, 7) is 5.26. The second-order valence-electron chi connectivity index (χ2n) is 5.04. The minimum Gasteiger partial charge on any atom is -0.326 e. The maximum Gasteiger partial charge on any atom is 0.266 e. The molecule has 0 atom stereocenters. The van der Waals surface area contributed by atoms with Crippen LogP contribution in [0.4, 0.5) is 0 Å². The molecule has 1 aromatic heterocycles. The Hall–Kier alpha value is -1.94. The van der Waals surface area contributed by atoms with Crippen molar-refractivity contribution >= 4 is 0 Å². The lowest BCUT2D eigenvalue weighted by molar-refractivity contribution is 0.465. The molecule has 1 heterocycles. The second kappa shape index (κ2) is 5.80. The Kier molecular flexibility index (Phi) is 4.12. The molecule has 2 N–H and O–H groups in total. The molecule has 0 saturated heterocycles. The van der Waals surface area contributed by atoms with E-state index in [1.165, 1.54) is 4.68 Å². The van der Waals surface area contributed by atoms with Crippen LogP contribution in [0.1, 0.15) is 19.4 Å². The Morgan fingerprint density at radius 1 is 1.26 bits per heavy atom. The van der Waals surface area contributed by atoms with Crippen molar-refractivity contribution < 1.29 is 0 Å². The van der Waals surface area contributed by atoms with E-state index < -0.39 is 0 Å². The molecular formula is C15H19N3O. The van der Waals surface area contributed by atoms with Crippen LogP contribution in [0.25, 0.3) is 11.3 Å². The average Bonchev–Trinajstić information content (AvgIpc) is 2.41. The Balaban J connectivity index is 2.42. The highest BCUT2D eigenvalue weighted by atomic mass is 16.1. The summed E-state index contributed by atoms with van der Waals surface area (Å²) in [5, 5.41) is 4.42. The summed E-state index contributed by atoms with van der Waals surface area (Å²) >= 11 is 0. The highest BCUT2D eigenvalue weighted by Gasteiger charge is 2.05. The van der Waals surface area contributed by atoms with Gasteiger partial charge < -0.3 is 5.73 Å². The molecule has 0 aliphatic carbocycles. The lowest BCUT2D eigenvalue weighted by Crippen LogP contribution is -2.24. The van der Waals surface area contributed by atoms with Gasteiger partial charge in [-0.2, -0.15) is 5.10 Å². The minimum absolute atomic E-state index is 0.0626. The molecule has 1 aromatic carbocycles. The van der Waals surface area contributed by atoms with Gasteiger partial charge in [0.2, 0.25) is 0 Å². The molecular weight excluding hydrogens is 238 g/mol. The molecule has 2 rings (SSSR count). The quantitative estimate of drug-likeness (QED) is 0.911. The summed E-state index contributed by atoms with van der Waals surface area (Å²) in [6.07, 6.45) is 0. The molecule has 4 nitrogen and oxygen atoms in total. The van der Waals surface area contributed by atoms with E-state index in [4.69, 9.17) is 5.73 Å². The first-order valence-electron chi connectivity index (χ1n) is 6.47. The molecule has 0 bridgehead atoms. The molecule has 0 amide bonds. The standard InChI is InChI=1S/C15H19N3O/c1-11(2)10-18-15(19)7-6-14(17-18)13-5-3-4-12(8-13)9-16/h3-8,11H,9-10,16H2,1-2H3. The second-order valence-corrected chi connectivity index (χ2v) is 5.04. The van der Waals surface area contributed by atoms with Crippen LogP contribution in [-0.2, 0) is 13.1 Å². The molecule has 0 unspecified atom stereocenters. The van der Waals surface area contributed by atoms with E-state index in [2.05, 4.69) is 18.9 Å². The fourth-order valence-corrected chi connectivity index (χ4v) is 1.94. The maximum atomic E-state index is 11.7. The van der Waals surface area contributed by atoms with Gasteiger partial charge in [-0.1, -0.05) is 32.0 Å². The molecule has 19 heavy (non-hydrogen) atoms. The molecule has 0 fully saturated rings. The van der Waals surface area contributed by atoms with Crippen molar-refractivity contribution in [1.29, 1.82) is 0 Å². The first-order chi connectivity index (χ1) is 9.10. The number of rotatable bonds is 4. The maximum absolute atomic E-state index is 11.7. The van der Waals surface area contributed by atoms with Gasteiger partial charge in [-0.15, -0.1) is 0 Å². The van der Waals surface area contributed by atoms with E-state index in [1.54, 1.807) is 12.1 Å². The highest BCUT2D eigenvalue weighted by Crippen LogP contribution is 2.17. The number of aromatic nitrogens is 2. The predicted molar refractivity (Wildman–Crippen MR) is 76.7 cm³/mol. The Labute approximate surface area is 112 Å². The number of nitrogens with zero attached hydrogens (tertiary/aromatic N) is 2. The first kappa shape index (κ1) is 13.5. The number of hydrogen-bond acceptors (Lipinski definition) is 3. The smallest absolute Gasteiger partial charge is 0.266 e. The highest BCUT2D eigenvalue weighted by molar-refractivity contribution is 5.59. The van der Waals surface area contributed by atoms with Crippen LogP contribution in [0.5, 0.6) is 0 Å². The average molecular weight is 257 g/mol. The lowest BCUT2D eigenvalue weighted by atomic mass is 10.1. The summed E-state index contributed by atoms with van der Waals surface area (Å²) in [5.74, 6) is 0.385. The van der Waals surface area contributed by atoms with Gasteiger partial charge in [-0.25, -0.2) is 4.68 Å². The van der Waals surface area contributed by atoms with E-state index in [-0.39, 0.29) is 5.56 Å². The largest absolute Gasteiger partial charge is 0.326 e. The van der Waals surface area contributed by atoms with Crippen LogP contribution in [0.2, 0.25) is 0 Å². The normalized spacial score (nSPS) is 10.9. The van der Waals surface area contributed by atoms with Crippen LogP contribution in [0.3, 0.4) is 0 Å². The van der Waals surface area contributed by atoms with Crippen molar-refractivity contribution in [3.63, 3.8) is 0 Å². The van der Waals surface area contributed by atoms with Gasteiger partial charge >= 0.3 is 0 Å². The third kappa shape index (κ3) is 3.29. The molecule has 0 spiro atoms. The molecule has 2 aromatic rings. The van der Waals surface area contributed by atoms with Crippen molar-refractivity contribution in [2.24, 2.45) is 11.7 Å². The van der Waals surface area contributed by atoms with Crippen LogP contribution in [-0.4, -0.2) is 9.78 Å². The van der Waals surface area contributed by atoms with Crippen LogP contribution >= 0.6 is 0 Å². The predicted octanol–water partition coefficient (Wildman–Crippen LogP) is 2.02. The zero-order chi connectivity index (χ0) is 13.8. The van der Waals surface area contributed by atoms with Gasteiger partial charge in [0.1, 0.15) is 0 Å². The van der Waals surface area contributed by atoms with Crippen molar-refractivity contribution in [1.82, 2.24) is 9.78 Å². The Bertz CT molecular complexity index is 617. The van der Waals surface area contributed by atoms with Gasteiger partial charge in [0.15, 0.2) is 0 Å².